The molecular formula is C8H20O5S. The van der Waals surface area contributed by atoms with E-state index in [1.165, 1.54) is 0 Å². The molecule has 14 heavy (non-hydrogen) atoms. The van der Waals surface area contributed by atoms with Crippen LogP contribution < -0.4 is 0 Å². The monoisotopic (exact) mass is 228 g/mol. The van der Waals surface area contributed by atoms with Crippen LogP contribution in [0.3, 0.4) is 0 Å². The van der Waals surface area contributed by atoms with E-state index in [-0.39, 0.29) is 13.2 Å². The lowest BCUT2D eigenvalue weighted by Crippen LogP contribution is -2.09. The van der Waals surface area contributed by atoms with Gasteiger partial charge in [-0.05, 0) is 27.7 Å². The highest BCUT2D eigenvalue weighted by molar-refractivity contribution is 7.81. The summed E-state index contributed by atoms with van der Waals surface area (Å²) in [6.07, 6.45) is 0. The molecule has 0 aromatic heterocycles. The van der Waals surface area contributed by atoms with Gasteiger partial charge in [0.15, 0.2) is 0 Å². The third-order valence-electron chi connectivity index (χ3n) is 0.933. The van der Waals surface area contributed by atoms with Crippen molar-refractivity contribution in [1.29, 1.82) is 0 Å². The van der Waals surface area contributed by atoms with E-state index in [1.807, 2.05) is 13.8 Å². The van der Waals surface area contributed by atoms with E-state index in [4.69, 9.17) is 4.74 Å². The summed E-state index contributed by atoms with van der Waals surface area (Å²) in [4.78, 5) is 0. The highest BCUT2D eigenvalue weighted by Gasteiger charge is 2.06. The lowest BCUT2D eigenvalue weighted by Gasteiger charge is -1.99. The Bertz CT molecular complexity index is 174. The van der Waals surface area contributed by atoms with Gasteiger partial charge in [0.05, 0.1) is 13.2 Å². The van der Waals surface area contributed by atoms with Crippen molar-refractivity contribution in [1.82, 2.24) is 0 Å². The quantitative estimate of drug-likeness (QED) is 0.686. The summed E-state index contributed by atoms with van der Waals surface area (Å²) >= 11 is 0. The molecule has 88 valence electrons. The molecule has 0 aromatic carbocycles. The maximum Gasteiger partial charge on any atom is 0.399 e. The van der Waals surface area contributed by atoms with Crippen LogP contribution in [0.1, 0.15) is 27.7 Å². The minimum absolute atomic E-state index is 0.113. The molecule has 0 fully saturated rings. The average molecular weight is 228 g/mol. The predicted octanol–water partition coefficient (Wildman–Crippen LogP) is 1.35. The van der Waals surface area contributed by atoms with Crippen LogP contribution in [0.15, 0.2) is 0 Å². The Morgan fingerprint density at radius 3 is 1.29 bits per heavy atom. The molecule has 5 nitrogen and oxygen atoms in total. The first-order valence-corrected chi connectivity index (χ1v) is 5.98. The second-order valence-electron chi connectivity index (χ2n) is 2.00. The molecule has 0 aliphatic carbocycles. The topological polar surface area (TPSA) is 61.8 Å². The van der Waals surface area contributed by atoms with Crippen molar-refractivity contribution in [2.45, 2.75) is 27.7 Å². The molecule has 0 atom stereocenters. The smallest absolute Gasteiger partial charge is 0.382 e. The van der Waals surface area contributed by atoms with Crippen LogP contribution in [0.4, 0.5) is 0 Å². The van der Waals surface area contributed by atoms with Crippen molar-refractivity contribution in [3.05, 3.63) is 0 Å². The summed E-state index contributed by atoms with van der Waals surface area (Å²) in [5, 5.41) is 0. The maximum absolute atomic E-state index is 10.4. The molecule has 0 saturated heterocycles. The Kier molecular flexibility index (Phi) is 12.7. The van der Waals surface area contributed by atoms with E-state index >= 15 is 0 Å². The fourth-order valence-electron chi connectivity index (χ4n) is 0.527. The number of hydrogen-bond donors (Lipinski definition) is 0. The van der Waals surface area contributed by atoms with E-state index in [0.29, 0.717) is 0 Å². The summed E-state index contributed by atoms with van der Waals surface area (Å²) in [6, 6.07) is 0. The second-order valence-corrected chi connectivity index (χ2v) is 3.29. The minimum Gasteiger partial charge on any atom is -0.382 e. The molecule has 0 unspecified atom stereocenters. The SMILES string of the molecule is CCOCC.CCOS(=O)(=O)OCC. The van der Waals surface area contributed by atoms with Gasteiger partial charge in [0, 0.05) is 13.2 Å². The third-order valence-corrected chi connectivity index (χ3v) is 1.98. The predicted molar refractivity (Wildman–Crippen MR) is 54.3 cm³/mol. The van der Waals surface area contributed by atoms with Gasteiger partial charge in [-0.1, -0.05) is 0 Å². The van der Waals surface area contributed by atoms with Crippen molar-refractivity contribution >= 4 is 10.4 Å². The van der Waals surface area contributed by atoms with Gasteiger partial charge in [-0.15, -0.1) is 0 Å². The van der Waals surface area contributed by atoms with E-state index in [1.54, 1.807) is 13.8 Å². The van der Waals surface area contributed by atoms with Gasteiger partial charge in [-0.25, -0.2) is 8.37 Å². The van der Waals surface area contributed by atoms with Crippen LogP contribution in [-0.2, 0) is 23.5 Å². The summed E-state index contributed by atoms with van der Waals surface area (Å²) in [7, 11) is -3.68. The normalized spacial score (nSPS) is 10.6. The van der Waals surface area contributed by atoms with Crippen LogP contribution in [0.25, 0.3) is 0 Å². The Balaban J connectivity index is 0. The van der Waals surface area contributed by atoms with Crippen LogP contribution in [0.5, 0.6) is 0 Å². The summed E-state index contributed by atoms with van der Waals surface area (Å²) in [5.74, 6) is 0. The standard InChI is InChI=1S/C4H10O4S.C4H10O/c1-3-7-9(5,6)8-4-2;1-3-5-4-2/h3-4H2,1-2H3;3-4H2,1-2H3. The molecule has 0 aromatic rings. The van der Waals surface area contributed by atoms with Gasteiger partial charge >= 0.3 is 10.4 Å². The molecule has 6 heteroatoms. The molecule has 0 rings (SSSR count). The fourth-order valence-corrected chi connectivity index (χ4v) is 1.17. The molecule has 0 aliphatic heterocycles. The molecule has 0 spiro atoms. The molecule has 0 amide bonds. The van der Waals surface area contributed by atoms with Crippen molar-refractivity contribution in [2.75, 3.05) is 26.4 Å². The van der Waals surface area contributed by atoms with Crippen molar-refractivity contribution in [2.24, 2.45) is 0 Å². The molecule has 0 saturated carbocycles. The second kappa shape index (κ2) is 10.9. The lowest BCUT2D eigenvalue weighted by atomic mass is 10.8. The highest BCUT2D eigenvalue weighted by atomic mass is 32.3. The summed E-state index contributed by atoms with van der Waals surface area (Å²) < 4.78 is 34.0. The highest BCUT2D eigenvalue weighted by Crippen LogP contribution is 1.93. The van der Waals surface area contributed by atoms with E-state index in [2.05, 4.69) is 8.37 Å². The third kappa shape index (κ3) is 14.4. The number of hydrogen-bond acceptors (Lipinski definition) is 5. The van der Waals surface area contributed by atoms with Gasteiger partial charge in [-0.3, -0.25) is 0 Å². The molecule has 0 bridgehead atoms. The first kappa shape index (κ1) is 16.3. The summed E-state index contributed by atoms with van der Waals surface area (Å²) in [5.41, 5.74) is 0. The maximum atomic E-state index is 10.4. The van der Waals surface area contributed by atoms with Crippen molar-refractivity contribution in [3.8, 4) is 0 Å². The van der Waals surface area contributed by atoms with Crippen molar-refractivity contribution in [3.63, 3.8) is 0 Å². The minimum atomic E-state index is -3.68. The molecule has 0 heterocycles. The first-order valence-electron chi connectivity index (χ1n) is 4.65. The summed E-state index contributed by atoms with van der Waals surface area (Å²) in [6.45, 7) is 9.05. The van der Waals surface area contributed by atoms with Crippen LogP contribution in [0.2, 0.25) is 0 Å². The lowest BCUT2D eigenvalue weighted by molar-refractivity contribution is 0.162. The van der Waals surface area contributed by atoms with E-state index in [9.17, 15) is 8.42 Å². The zero-order valence-electron chi connectivity index (χ0n) is 9.28. The Hall–Kier alpha value is -0.170. The molecule has 0 aliphatic rings. The zero-order valence-corrected chi connectivity index (χ0v) is 10.1. The zero-order chi connectivity index (χ0) is 11.4. The number of rotatable bonds is 6. The van der Waals surface area contributed by atoms with Crippen LogP contribution in [-0.4, -0.2) is 34.8 Å². The Morgan fingerprint density at radius 2 is 1.14 bits per heavy atom. The Morgan fingerprint density at radius 1 is 0.786 bits per heavy atom. The van der Waals surface area contributed by atoms with Gasteiger partial charge in [0.1, 0.15) is 0 Å². The van der Waals surface area contributed by atoms with Gasteiger partial charge in [0.25, 0.3) is 0 Å². The van der Waals surface area contributed by atoms with E-state index < -0.39 is 10.4 Å². The van der Waals surface area contributed by atoms with Crippen LogP contribution >= 0.6 is 0 Å². The number of ether oxygens (including phenoxy) is 1. The van der Waals surface area contributed by atoms with Gasteiger partial charge < -0.3 is 4.74 Å². The van der Waals surface area contributed by atoms with E-state index in [0.717, 1.165) is 13.2 Å². The van der Waals surface area contributed by atoms with Gasteiger partial charge in [0.2, 0.25) is 0 Å². The van der Waals surface area contributed by atoms with Crippen LogP contribution in [0, 0.1) is 0 Å². The first-order chi connectivity index (χ1) is 6.54. The largest absolute Gasteiger partial charge is 0.399 e. The molecule has 0 N–H and O–H groups in total. The van der Waals surface area contributed by atoms with Gasteiger partial charge in [-0.2, -0.15) is 8.42 Å². The van der Waals surface area contributed by atoms with Crippen molar-refractivity contribution < 1.29 is 21.5 Å². The average Bonchev–Trinajstić information content (AvgIpc) is 2.06. The molecular weight excluding hydrogens is 208 g/mol. The fraction of sp³-hybridized carbons (Fsp3) is 1.00. The Labute approximate surface area is 86.7 Å². The molecule has 0 radical (unpaired) electrons.